The Kier molecular flexibility index (Phi) is 5.70. The van der Waals surface area contributed by atoms with Crippen molar-refractivity contribution in [2.75, 3.05) is 5.32 Å². The molecule has 0 aliphatic heterocycles. The minimum Gasteiger partial charge on any atom is -0.375 e. The van der Waals surface area contributed by atoms with Crippen molar-refractivity contribution in [1.29, 1.82) is 0 Å². The Morgan fingerprint density at radius 3 is 2.62 bits per heavy atom. The Bertz CT molecular complexity index is 1160. The third kappa shape index (κ3) is 4.48. The first-order chi connectivity index (χ1) is 15.0. The molecule has 1 fully saturated rings. The second-order valence-corrected chi connectivity index (χ2v) is 8.76. The number of amides is 1. The Hall–Kier alpha value is -2.94. The molecule has 3 heterocycles. The highest BCUT2D eigenvalue weighted by atomic mass is 19.3. The van der Waals surface area contributed by atoms with Gasteiger partial charge in [0.15, 0.2) is 5.82 Å². The second kappa shape index (κ2) is 8.20. The molecule has 3 aromatic rings. The van der Waals surface area contributed by atoms with Gasteiger partial charge in [0.2, 0.25) is 5.91 Å². The summed E-state index contributed by atoms with van der Waals surface area (Å²) in [5, 5.41) is 3.46. The van der Waals surface area contributed by atoms with E-state index in [-0.39, 0.29) is 24.2 Å². The van der Waals surface area contributed by atoms with Crippen molar-refractivity contribution in [3.8, 4) is 11.3 Å². The van der Waals surface area contributed by atoms with Crippen LogP contribution in [-0.4, -0.2) is 37.6 Å². The maximum absolute atomic E-state index is 14.0. The molecule has 0 aromatic carbocycles. The summed E-state index contributed by atoms with van der Waals surface area (Å²) in [6.07, 6.45) is 5.70. The van der Waals surface area contributed by atoms with E-state index in [0.717, 1.165) is 30.7 Å². The predicted molar refractivity (Wildman–Crippen MR) is 118 cm³/mol. The van der Waals surface area contributed by atoms with E-state index in [2.05, 4.69) is 24.8 Å². The molecule has 1 aliphatic carbocycles. The highest BCUT2D eigenvalue weighted by Crippen LogP contribution is 2.41. The van der Waals surface area contributed by atoms with Gasteiger partial charge in [-0.25, -0.2) is 15.0 Å². The maximum atomic E-state index is 14.0. The number of pyridine rings is 1. The number of halogens is 2. The first-order valence-electron chi connectivity index (χ1n) is 10.7. The summed E-state index contributed by atoms with van der Waals surface area (Å²) in [6, 6.07) is 3.65. The molecule has 9 heteroatoms. The number of nitrogens with one attached hydrogen (secondary N) is 1. The van der Waals surface area contributed by atoms with E-state index in [0.29, 0.717) is 22.8 Å². The summed E-state index contributed by atoms with van der Waals surface area (Å²) >= 11 is 0. The Labute approximate surface area is 185 Å². The summed E-state index contributed by atoms with van der Waals surface area (Å²) in [7, 11) is 0. The van der Waals surface area contributed by atoms with Gasteiger partial charge in [-0.1, -0.05) is 0 Å². The number of alkyl halides is 2. The van der Waals surface area contributed by atoms with Crippen molar-refractivity contribution in [3.05, 3.63) is 36.0 Å². The molecule has 1 saturated carbocycles. The molecule has 32 heavy (non-hydrogen) atoms. The molecular weight excluding hydrogens is 416 g/mol. The molecule has 0 unspecified atom stereocenters. The van der Waals surface area contributed by atoms with Crippen LogP contribution in [0.5, 0.6) is 0 Å². The average molecular weight is 443 g/mol. The highest BCUT2D eigenvalue weighted by molar-refractivity contribution is 5.98. The van der Waals surface area contributed by atoms with E-state index in [1.165, 1.54) is 6.92 Å². The average Bonchev–Trinajstić information content (AvgIpc) is 3.01. The normalized spacial score (nSPS) is 18.8. The smallest absolute Gasteiger partial charge is 0.303 e. The quantitative estimate of drug-likeness (QED) is 0.580. The molecule has 0 atom stereocenters. The van der Waals surface area contributed by atoms with Gasteiger partial charge in [0.25, 0.3) is 0 Å². The second-order valence-electron chi connectivity index (χ2n) is 8.76. The molecule has 0 spiro atoms. The Balaban J connectivity index is 1.81. The lowest BCUT2D eigenvalue weighted by Crippen LogP contribution is -2.34. The van der Waals surface area contributed by atoms with Gasteiger partial charge in [0, 0.05) is 42.7 Å². The molecule has 1 aliphatic rings. The van der Waals surface area contributed by atoms with Gasteiger partial charge in [-0.2, -0.15) is 8.78 Å². The van der Waals surface area contributed by atoms with Gasteiger partial charge in [0.1, 0.15) is 5.82 Å². The molecule has 0 radical (unpaired) electrons. The van der Waals surface area contributed by atoms with Gasteiger partial charge in [0.05, 0.1) is 29.6 Å². The number of aryl methyl sites for hydroxylation is 1. The first-order valence-corrected chi connectivity index (χ1v) is 10.7. The van der Waals surface area contributed by atoms with E-state index in [4.69, 9.17) is 4.74 Å². The van der Waals surface area contributed by atoms with E-state index in [1.807, 2.05) is 20.0 Å². The third-order valence-corrected chi connectivity index (χ3v) is 5.47. The van der Waals surface area contributed by atoms with Gasteiger partial charge < -0.3 is 14.6 Å². The number of anilines is 1. The summed E-state index contributed by atoms with van der Waals surface area (Å²) < 4.78 is 36.0. The molecule has 4 rings (SSSR count). The standard InChI is InChI=1S/C23H27F2N5O2/c1-12(2)32-16-7-15(8-16)30-11-18(17-9-21(28-14(4)31)26-10-20(17)30)19-6-13(3)27-22(29-19)23(5,24)25/h6,9-12,15-16H,7-8H2,1-5H3,(H,26,28,31). The molecular formula is C23H27F2N5O2. The van der Waals surface area contributed by atoms with Crippen LogP contribution in [0, 0.1) is 6.92 Å². The number of fused-ring (bicyclic) bond motifs is 1. The van der Waals surface area contributed by atoms with E-state index in [1.54, 1.807) is 25.3 Å². The largest absolute Gasteiger partial charge is 0.375 e. The number of ether oxygens (including phenoxy) is 1. The number of aromatic nitrogens is 4. The number of carbonyl (C=O) groups excluding carboxylic acids is 1. The fourth-order valence-corrected chi connectivity index (χ4v) is 4.07. The minimum absolute atomic E-state index is 0.165. The van der Waals surface area contributed by atoms with Crippen molar-refractivity contribution in [2.24, 2.45) is 0 Å². The number of rotatable bonds is 6. The van der Waals surface area contributed by atoms with E-state index >= 15 is 0 Å². The van der Waals surface area contributed by atoms with Crippen molar-refractivity contribution in [3.63, 3.8) is 0 Å². The molecule has 0 saturated heterocycles. The van der Waals surface area contributed by atoms with Crippen molar-refractivity contribution in [2.45, 2.75) is 71.6 Å². The Morgan fingerprint density at radius 1 is 1.28 bits per heavy atom. The lowest BCUT2D eigenvalue weighted by atomic mass is 9.88. The van der Waals surface area contributed by atoms with Crippen LogP contribution in [0.4, 0.5) is 14.6 Å². The summed E-state index contributed by atoms with van der Waals surface area (Å²) in [5.74, 6) is -3.52. The van der Waals surface area contributed by atoms with Crippen LogP contribution < -0.4 is 5.32 Å². The van der Waals surface area contributed by atoms with Crippen LogP contribution in [0.15, 0.2) is 24.5 Å². The van der Waals surface area contributed by atoms with Gasteiger partial charge in [-0.05, 0) is 45.7 Å². The van der Waals surface area contributed by atoms with E-state index < -0.39 is 11.7 Å². The third-order valence-electron chi connectivity index (χ3n) is 5.47. The van der Waals surface area contributed by atoms with Gasteiger partial charge >= 0.3 is 5.92 Å². The van der Waals surface area contributed by atoms with Crippen LogP contribution in [0.25, 0.3) is 22.2 Å². The number of hydrogen-bond acceptors (Lipinski definition) is 5. The minimum atomic E-state index is -3.16. The first kappa shape index (κ1) is 22.3. The fraction of sp³-hybridized carbons (Fsp3) is 0.478. The summed E-state index contributed by atoms with van der Waals surface area (Å²) in [6.45, 7) is 7.90. The molecule has 0 bridgehead atoms. The van der Waals surface area contributed by atoms with Crippen LogP contribution in [0.3, 0.4) is 0 Å². The lowest BCUT2D eigenvalue weighted by Gasteiger charge is -2.37. The predicted octanol–water partition coefficient (Wildman–Crippen LogP) is 5.00. The highest BCUT2D eigenvalue weighted by Gasteiger charge is 2.34. The van der Waals surface area contributed by atoms with Crippen molar-refractivity contribution < 1.29 is 18.3 Å². The van der Waals surface area contributed by atoms with Crippen molar-refractivity contribution >= 4 is 22.6 Å². The van der Waals surface area contributed by atoms with Crippen LogP contribution in [-0.2, 0) is 15.5 Å². The molecule has 1 amide bonds. The van der Waals surface area contributed by atoms with Crippen LogP contribution in [0.2, 0.25) is 0 Å². The topological polar surface area (TPSA) is 81.9 Å². The maximum Gasteiger partial charge on any atom is 0.303 e. The summed E-state index contributed by atoms with van der Waals surface area (Å²) in [5.41, 5.74) is 2.41. The molecule has 1 N–H and O–H groups in total. The fourth-order valence-electron chi connectivity index (χ4n) is 4.07. The monoisotopic (exact) mass is 443 g/mol. The zero-order valence-corrected chi connectivity index (χ0v) is 18.8. The van der Waals surface area contributed by atoms with Crippen LogP contribution in [0.1, 0.15) is 58.1 Å². The Morgan fingerprint density at radius 2 is 2.00 bits per heavy atom. The zero-order chi connectivity index (χ0) is 23.2. The van der Waals surface area contributed by atoms with Crippen LogP contribution >= 0.6 is 0 Å². The SMILES string of the molecule is CC(=O)Nc1cc2c(-c3cc(C)nc(C(C)(F)F)n3)cn(C3CC(OC(C)C)C3)c2cn1. The number of carbonyl (C=O) groups is 1. The number of hydrogen-bond donors (Lipinski definition) is 1. The van der Waals surface area contributed by atoms with E-state index in [9.17, 15) is 13.6 Å². The zero-order valence-electron chi connectivity index (χ0n) is 18.8. The van der Waals surface area contributed by atoms with Gasteiger partial charge in [-0.3, -0.25) is 4.79 Å². The molecule has 170 valence electrons. The number of nitrogens with zero attached hydrogens (tertiary/aromatic N) is 4. The summed E-state index contributed by atoms with van der Waals surface area (Å²) in [4.78, 5) is 24.0. The van der Waals surface area contributed by atoms with Crippen molar-refractivity contribution in [1.82, 2.24) is 19.5 Å². The molecule has 7 nitrogen and oxygen atoms in total. The lowest BCUT2D eigenvalue weighted by molar-refractivity contribution is -0.114. The molecule has 3 aromatic heterocycles. The van der Waals surface area contributed by atoms with Gasteiger partial charge in [-0.15, -0.1) is 0 Å².